The number of aryl methyl sites for hydroxylation is 1. The van der Waals surface area contributed by atoms with Crippen molar-refractivity contribution in [3.8, 4) is 6.07 Å². The van der Waals surface area contributed by atoms with Gasteiger partial charge in [-0.15, -0.1) is 0 Å². The van der Waals surface area contributed by atoms with Crippen LogP contribution in [0, 0.1) is 34.2 Å². The van der Waals surface area contributed by atoms with Gasteiger partial charge in [-0.1, -0.05) is 0 Å². The van der Waals surface area contributed by atoms with E-state index in [2.05, 4.69) is 5.32 Å². The molecular weight excluding hydrogens is 297 g/mol. The Labute approximate surface area is 124 Å². The van der Waals surface area contributed by atoms with E-state index in [0.29, 0.717) is 12.2 Å². The van der Waals surface area contributed by atoms with Crippen molar-refractivity contribution < 1.29 is 14.1 Å². The monoisotopic (exact) mass is 309 g/mol. The van der Waals surface area contributed by atoms with Gasteiger partial charge in [-0.3, -0.25) is 14.9 Å². The van der Waals surface area contributed by atoms with E-state index in [4.69, 9.17) is 0 Å². The van der Waals surface area contributed by atoms with E-state index in [9.17, 15) is 24.6 Å². The Morgan fingerprint density at radius 3 is 2.86 bits per heavy atom. The smallest absolute Gasteiger partial charge is 0.270 e. The summed E-state index contributed by atoms with van der Waals surface area (Å²) in [4.78, 5) is 22.3. The molecule has 1 fully saturated rings. The van der Waals surface area contributed by atoms with Crippen LogP contribution < -0.4 is 5.32 Å². The molecule has 1 saturated heterocycles. The predicted molar refractivity (Wildman–Crippen MR) is 75.5 cm³/mol. The molecule has 1 aromatic carbocycles. The maximum absolute atomic E-state index is 14.0. The van der Waals surface area contributed by atoms with Crippen molar-refractivity contribution in [2.45, 2.75) is 18.9 Å². The predicted octanol–water partition coefficient (Wildman–Crippen LogP) is 2.17. The minimum absolute atomic E-state index is 0.0150. The summed E-state index contributed by atoms with van der Waals surface area (Å²) < 4.78 is 14.0. The number of benzene rings is 1. The fourth-order valence-corrected chi connectivity index (χ4v) is 3.35. The third-order valence-electron chi connectivity index (χ3n) is 3.28. The van der Waals surface area contributed by atoms with Crippen LogP contribution in [0.5, 0.6) is 0 Å². The SMILES string of the molecule is Cc1cc([N+](=O)[O-])cc(C(=O)NC2(C#N)CCSC2)c1F. The van der Waals surface area contributed by atoms with Crippen molar-refractivity contribution >= 4 is 23.4 Å². The van der Waals surface area contributed by atoms with Gasteiger partial charge in [-0.25, -0.2) is 4.39 Å². The number of nitro groups is 1. The van der Waals surface area contributed by atoms with Crippen molar-refractivity contribution in [1.29, 1.82) is 5.26 Å². The zero-order chi connectivity index (χ0) is 15.6. The number of nitrogens with zero attached hydrogens (tertiary/aromatic N) is 2. The second kappa shape index (κ2) is 5.69. The average molecular weight is 309 g/mol. The van der Waals surface area contributed by atoms with Gasteiger partial charge in [0, 0.05) is 17.9 Å². The van der Waals surface area contributed by atoms with E-state index < -0.39 is 27.8 Å². The van der Waals surface area contributed by atoms with E-state index in [0.717, 1.165) is 17.9 Å². The number of halogens is 1. The molecule has 1 heterocycles. The topological polar surface area (TPSA) is 96.0 Å². The highest BCUT2D eigenvalue weighted by atomic mass is 32.2. The molecule has 1 N–H and O–H groups in total. The minimum atomic E-state index is -1.04. The molecule has 1 atom stereocenters. The number of nitriles is 1. The van der Waals surface area contributed by atoms with Crippen molar-refractivity contribution in [2.75, 3.05) is 11.5 Å². The van der Waals surface area contributed by atoms with Gasteiger partial charge in [0.1, 0.15) is 11.4 Å². The number of nitrogens with one attached hydrogen (secondary N) is 1. The number of hydrogen-bond acceptors (Lipinski definition) is 5. The van der Waals surface area contributed by atoms with Gasteiger partial charge in [0.05, 0.1) is 16.6 Å². The summed E-state index contributed by atoms with van der Waals surface area (Å²) in [6.07, 6.45) is 0.468. The molecule has 2 rings (SSSR count). The quantitative estimate of drug-likeness (QED) is 0.682. The van der Waals surface area contributed by atoms with Gasteiger partial charge in [-0.2, -0.15) is 17.0 Å². The van der Waals surface area contributed by atoms with E-state index >= 15 is 0 Å². The molecule has 1 unspecified atom stereocenters. The maximum atomic E-state index is 14.0. The summed E-state index contributed by atoms with van der Waals surface area (Å²) in [5.74, 6) is -0.463. The van der Waals surface area contributed by atoms with Crippen molar-refractivity contribution in [3.05, 3.63) is 39.2 Å². The molecule has 0 radical (unpaired) electrons. The highest BCUT2D eigenvalue weighted by molar-refractivity contribution is 7.99. The van der Waals surface area contributed by atoms with Gasteiger partial charge >= 0.3 is 0 Å². The van der Waals surface area contributed by atoms with E-state index in [-0.39, 0.29) is 11.3 Å². The van der Waals surface area contributed by atoms with Crippen LogP contribution in [0.25, 0.3) is 0 Å². The molecular formula is C13H12FN3O3S. The van der Waals surface area contributed by atoms with Crippen molar-refractivity contribution in [2.24, 2.45) is 0 Å². The maximum Gasteiger partial charge on any atom is 0.270 e. The van der Waals surface area contributed by atoms with Crippen LogP contribution in [0.15, 0.2) is 12.1 Å². The normalized spacial score (nSPS) is 20.8. The molecule has 0 bridgehead atoms. The Morgan fingerprint density at radius 1 is 1.62 bits per heavy atom. The first-order valence-electron chi connectivity index (χ1n) is 6.14. The summed E-state index contributed by atoms with van der Waals surface area (Å²) in [6, 6.07) is 4.00. The first-order chi connectivity index (χ1) is 9.88. The molecule has 8 heteroatoms. The highest BCUT2D eigenvalue weighted by Gasteiger charge is 2.37. The second-order valence-electron chi connectivity index (χ2n) is 4.83. The van der Waals surface area contributed by atoms with Crippen LogP contribution in [0.1, 0.15) is 22.3 Å². The first-order valence-corrected chi connectivity index (χ1v) is 7.30. The zero-order valence-corrected chi connectivity index (χ0v) is 12.0. The summed E-state index contributed by atoms with van der Waals surface area (Å²) in [5.41, 5.74) is -1.78. The molecule has 21 heavy (non-hydrogen) atoms. The summed E-state index contributed by atoms with van der Waals surface area (Å²) in [7, 11) is 0. The van der Waals surface area contributed by atoms with E-state index in [1.165, 1.54) is 18.7 Å². The molecule has 0 aromatic heterocycles. The zero-order valence-electron chi connectivity index (χ0n) is 11.2. The Bertz CT molecular complexity index is 651. The third kappa shape index (κ3) is 2.97. The Hall–Kier alpha value is -2.14. The molecule has 6 nitrogen and oxygen atoms in total. The number of thioether (sulfide) groups is 1. The molecule has 110 valence electrons. The van der Waals surface area contributed by atoms with Gasteiger partial charge < -0.3 is 5.32 Å². The lowest BCUT2D eigenvalue weighted by Gasteiger charge is -2.21. The van der Waals surface area contributed by atoms with Crippen molar-refractivity contribution in [1.82, 2.24) is 5.32 Å². The van der Waals surface area contributed by atoms with Crippen LogP contribution >= 0.6 is 11.8 Å². The fourth-order valence-electron chi connectivity index (χ4n) is 2.09. The van der Waals surface area contributed by atoms with Crippen LogP contribution in [0.3, 0.4) is 0 Å². The Kier molecular flexibility index (Phi) is 4.14. The molecule has 0 spiro atoms. The average Bonchev–Trinajstić information content (AvgIpc) is 2.90. The molecule has 1 aromatic rings. The number of hydrogen-bond donors (Lipinski definition) is 1. The number of rotatable bonds is 3. The molecule has 1 amide bonds. The lowest BCUT2D eigenvalue weighted by molar-refractivity contribution is -0.385. The highest BCUT2D eigenvalue weighted by Crippen LogP contribution is 2.28. The summed E-state index contributed by atoms with van der Waals surface area (Å²) in [6.45, 7) is 1.35. The van der Waals surface area contributed by atoms with Crippen LogP contribution in [-0.2, 0) is 0 Å². The molecule has 0 aliphatic carbocycles. The number of carbonyl (C=O) groups is 1. The van der Waals surface area contributed by atoms with Crippen LogP contribution in [0.4, 0.5) is 10.1 Å². The van der Waals surface area contributed by atoms with E-state index in [1.54, 1.807) is 0 Å². The number of amides is 1. The molecule has 1 aliphatic rings. The van der Waals surface area contributed by atoms with Gasteiger partial charge in [0.2, 0.25) is 0 Å². The molecule has 1 aliphatic heterocycles. The molecule has 0 saturated carbocycles. The third-order valence-corrected chi connectivity index (χ3v) is 4.47. The van der Waals surface area contributed by atoms with Gasteiger partial charge in [-0.05, 0) is 24.7 Å². The lowest BCUT2D eigenvalue weighted by atomic mass is 10.00. The van der Waals surface area contributed by atoms with Crippen LogP contribution in [-0.4, -0.2) is 27.9 Å². The minimum Gasteiger partial charge on any atom is -0.333 e. The van der Waals surface area contributed by atoms with Crippen LogP contribution in [0.2, 0.25) is 0 Å². The van der Waals surface area contributed by atoms with Crippen molar-refractivity contribution in [3.63, 3.8) is 0 Å². The fraction of sp³-hybridized carbons (Fsp3) is 0.385. The van der Waals surface area contributed by atoms with Gasteiger partial charge in [0.25, 0.3) is 11.6 Å². The summed E-state index contributed by atoms with van der Waals surface area (Å²) >= 11 is 1.52. The largest absolute Gasteiger partial charge is 0.333 e. The lowest BCUT2D eigenvalue weighted by Crippen LogP contribution is -2.47. The second-order valence-corrected chi connectivity index (χ2v) is 5.94. The van der Waals surface area contributed by atoms with E-state index in [1.807, 2.05) is 6.07 Å². The Balaban J connectivity index is 2.35. The number of carbonyl (C=O) groups excluding carboxylic acids is 1. The number of nitro benzene ring substituents is 1. The first kappa shape index (κ1) is 15.3. The Morgan fingerprint density at radius 2 is 2.33 bits per heavy atom. The summed E-state index contributed by atoms with van der Waals surface area (Å²) in [5, 5.41) is 22.5. The number of non-ortho nitro benzene ring substituents is 1. The van der Waals surface area contributed by atoms with Gasteiger partial charge in [0.15, 0.2) is 0 Å². The standard InChI is InChI=1S/C13H12FN3O3S/c1-8-4-9(17(19)20)5-10(11(8)14)12(18)16-13(6-15)2-3-21-7-13/h4-5H,2-3,7H2,1H3,(H,16,18).